The molecule has 0 fully saturated rings. The second kappa shape index (κ2) is 7.25. The van der Waals surface area contributed by atoms with Gasteiger partial charge in [0.1, 0.15) is 0 Å². The van der Waals surface area contributed by atoms with E-state index in [1.165, 1.54) is 0 Å². The molecule has 1 unspecified atom stereocenters. The van der Waals surface area contributed by atoms with E-state index in [2.05, 4.69) is 39.3 Å². The van der Waals surface area contributed by atoms with E-state index >= 15 is 0 Å². The highest BCUT2D eigenvalue weighted by molar-refractivity contribution is 9.10. The highest BCUT2D eigenvalue weighted by Gasteiger charge is 2.17. The molecule has 2 aromatic rings. The van der Waals surface area contributed by atoms with Crippen LogP contribution < -0.4 is 5.32 Å². The standard InChI is InChI=1S/C15H19BrClN3/c1-3-8-18-14(10-11-7-9-20(2)19-11)12-5-4-6-13(16)15(12)17/h4-7,9,14,18H,3,8,10H2,1-2H3. The van der Waals surface area contributed by atoms with Gasteiger partial charge in [-0.1, -0.05) is 30.7 Å². The van der Waals surface area contributed by atoms with Crippen molar-refractivity contribution in [1.82, 2.24) is 15.1 Å². The van der Waals surface area contributed by atoms with Crippen molar-refractivity contribution in [2.75, 3.05) is 6.54 Å². The molecule has 1 heterocycles. The molecule has 1 N–H and O–H groups in total. The van der Waals surface area contributed by atoms with Crippen LogP contribution in [0.1, 0.15) is 30.6 Å². The average Bonchev–Trinajstić information content (AvgIpc) is 2.83. The van der Waals surface area contributed by atoms with Crippen molar-refractivity contribution in [3.63, 3.8) is 0 Å². The highest BCUT2D eigenvalue weighted by Crippen LogP contribution is 2.31. The van der Waals surface area contributed by atoms with E-state index in [1.807, 2.05) is 36.1 Å². The Morgan fingerprint density at radius 3 is 2.85 bits per heavy atom. The minimum absolute atomic E-state index is 0.176. The molecule has 0 radical (unpaired) electrons. The minimum atomic E-state index is 0.176. The van der Waals surface area contributed by atoms with Crippen molar-refractivity contribution in [3.8, 4) is 0 Å². The Labute approximate surface area is 133 Å². The van der Waals surface area contributed by atoms with Crippen molar-refractivity contribution in [2.45, 2.75) is 25.8 Å². The predicted molar refractivity (Wildman–Crippen MR) is 87.1 cm³/mol. The maximum Gasteiger partial charge on any atom is 0.0643 e. The maximum atomic E-state index is 6.43. The zero-order chi connectivity index (χ0) is 14.5. The van der Waals surface area contributed by atoms with Gasteiger partial charge in [-0.25, -0.2) is 0 Å². The van der Waals surface area contributed by atoms with Crippen LogP contribution in [-0.2, 0) is 13.5 Å². The van der Waals surface area contributed by atoms with Crippen molar-refractivity contribution < 1.29 is 0 Å². The molecule has 3 nitrogen and oxygen atoms in total. The van der Waals surface area contributed by atoms with Crippen LogP contribution in [0, 0.1) is 0 Å². The monoisotopic (exact) mass is 355 g/mol. The zero-order valence-corrected chi connectivity index (χ0v) is 14.1. The number of nitrogens with zero attached hydrogens (tertiary/aromatic N) is 2. The largest absolute Gasteiger partial charge is 0.310 e. The summed E-state index contributed by atoms with van der Waals surface area (Å²) >= 11 is 9.92. The number of aromatic nitrogens is 2. The minimum Gasteiger partial charge on any atom is -0.310 e. The molecular weight excluding hydrogens is 338 g/mol. The Morgan fingerprint density at radius 1 is 1.40 bits per heavy atom. The van der Waals surface area contributed by atoms with Gasteiger partial charge in [-0.15, -0.1) is 0 Å². The number of hydrogen-bond donors (Lipinski definition) is 1. The summed E-state index contributed by atoms with van der Waals surface area (Å²) in [6, 6.07) is 8.28. The number of benzene rings is 1. The summed E-state index contributed by atoms with van der Waals surface area (Å²) in [5, 5.41) is 8.79. The summed E-state index contributed by atoms with van der Waals surface area (Å²) in [5.74, 6) is 0. The smallest absolute Gasteiger partial charge is 0.0643 e. The SMILES string of the molecule is CCCNC(Cc1ccn(C)n1)c1cccc(Br)c1Cl. The van der Waals surface area contributed by atoms with Gasteiger partial charge in [-0.3, -0.25) is 4.68 Å². The summed E-state index contributed by atoms with van der Waals surface area (Å²) in [4.78, 5) is 0. The molecule has 1 aromatic carbocycles. The second-order valence-corrected chi connectivity index (χ2v) is 6.07. The molecule has 0 aliphatic carbocycles. The topological polar surface area (TPSA) is 29.9 Å². The van der Waals surface area contributed by atoms with Crippen molar-refractivity contribution in [1.29, 1.82) is 0 Å². The summed E-state index contributed by atoms with van der Waals surface area (Å²) in [6.45, 7) is 3.12. The van der Waals surface area contributed by atoms with Gasteiger partial charge >= 0.3 is 0 Å². The first-order valence-corrected chi connectivity index (χ1v) is 7.94. The third-order valence-electron chi connectivity index (χ3n) is 3.18. The van der Waals surface area contributed by atoms with E-state index in [9.17, 15) is 0 Å². The first-order valence-electron chi connectivity index (χ1n) is 6.77. The van der Waals surface area contributed by atoms with Crippen LogP contribution in [0.3, 0.4) is 0 Å². The lowest BCUT2D eigenvalue weighted by Gasteiger charge is -2.20. The van der Waals surface area contributed by atoms with Gasteiger partial charge in [0, 0.05) is 30.2 Å². The third-order valence-corrected chi connectivity index (χ3v) is 4.49. The van der Waals surface area contributed by atoms with E-state index in [4.69, 9.17) is 11.6 Å². The highest BCUT2D eigenvalue weighted by atomic mass is 79.9. The Balaban J connectivity index is 2.24. The fourth-order valence-electron chi connectivity index (χ4n) is 2.18. The fraction of sp³-hybridized carbons (Fsp3) is 0.400. The molecule has 0 bridgehead atoms. The molecule has 0 amide bonds. The van der Waals surface area contributed by atoms with Gasteiger partial charge in [-0.2, -0.15) is 5.10 Å². The molecule has 0 spiro atoms. The Bertz CT molecular complexity index is 568. The molecule has 2 rings (SSSR count). The van der Waals surface area contributed by atoms with Crippen molar-refractivity contribution in [2.24, 2.45) is 7.05 Å². The fourth-order valence-corrected chi connectivity index (χ4v) is 2.82. The summed E-state index contributed by atoms with van der Waals surface area (Å²) in [5.41, 5.74) is 2.18. The quantitative estimate of drug-likeness (QED) is 0.844. The number of aryl methyl sites for hydroxylation is 1. The number of hydrogen-bond acceptors (Lipinski definition) is 2. The van der Waals surface area contributed by atoms with E-state index in [0.29, 0.717) is 0 Å². The van der Waals surface area contributed by atoms with Gasteiger partial charge in [-0.05, 0) is 46.6 Å². The predicted octanol–water partition coefficient (Wildman–Crippen LogP) is 4.12. The first kappa shape index (κ1) is 15.5. The lowest BCUT2D eigenvalue weighted by Crippen LogP contribution is -2.24. The molecule has 0 saturated carbocycles. The Morgan fingerprint density at radius 2 is 2.20 bits per heavy atom. The summed E-state index contributed by atoms with van der Waals surface area (Å²) < 4.78 is 2.76. The molecule has 5 heteroatoms. The molecule has 108 valence electrons. The number of rotatable bonds is 6. The van der Waals surface area contributed by atoms with Crippen LogP contribution in [0.5, 0.6) is 0 Å². The summed E-state index contributed by atoms with van der Waals surface area (Å²) in [6.07, 6.45) is 3.89. The van der Waals surface area contributed by atoms with Crippen LogP contribution >= 0.6 is 27.5 Å². The number of halogens is 2. The van der Waals surface area contributed by atoms with E-state index < -0.39 is 0 Å². The third kappa shape index (κ3) is 3.84. The van der Waals surface area contributed by atoms with Crippen LogP contribution in [0.15, 0.2) is 34.9 Å². The molecule has 0 aliphatic heterocycles. The van der Waals surface area contributed by atoms with E-state index in [0.717, 1.165) is 40.1 Å². The summed E-state index contributed by atoms with van der Waals surface area (Å²) in [7, 11) is 1.93. The van der Waals surface area contributed by atoms with Crippen LogP contribution in [-0.4, -0.2) is 16.3 Å². The van der Waals surface area contributed by atoms with Gasteiger partial charge in [0.25, 0.3) is 0 Å². The molecule has 20 heavy (non-hydrogen) atoms. The Kier molecular flexibility index (Phi) is 5.64. The molecule has 0 aliphatic rings. The lowest BCUT2D eigenvalue weighted by atomic mass is 10.0. The molecule has 1 aromatic heterocycles. The van der Waals surface area contributed by atoms with Gasteiger partial charge in [0.15, 0.2) is 0 Å². The van der Waals surface area contributed by atoms with Crippen LogP contribution in [0.2, 0.25) is 5.02 Å². The van der Waals surface area contributed by atoms with Crippen molar-refractivity contribution >= 4 is 27.5 Å². The van der Waals surface area contributed by atoms with Crippen LogP contribution in [0.25, 0.3) is 0 Å². The van der Waals surface area contributed by atoms with Gasteiger partial charge in [0.2, 0.25) is 0 Å². The van der Waals surface area contributed by atoms with Crippen molar-refractivity contribution in [3.05, 3.63) is 51.2 Å². The Hall–Kier alpha value is -0.840. The first-order chi connectivity index (χ1) is 9.61. The zero-order valence-electron chi connectivity index (χ0n) is 11.7. The van der Waals surface area contributed by atoms with Gasteiger partial charge < -0.3 is 5.32 Å². The normalized spacial score (nSPS) is 12.6. The van der Waals surface area contributed by atoms with E-state index in [-0.39, 0.29) is 6.04 Å². The molecular formula is C15H19BrClN3. The van der Waals surface area contributed by atoms with Gasteiger partial charge in [0.05, 0.1) is 10.7 Å². The maximum absolute atomic E-state index is 6.43. The lowest BCUT2D eigenvalue weighted by molar-refractivity contribution is 0.521. The van der Waals surface area contributed by atoms with E-state index in [1.54, 1.807) is 0 Å². The molecule has 1 atom stereocenters. The number of nitrogens with one attached hydrogen (secondary N) is 1. The second-order valence-electron chi connectivity index (χ2n) is 4.83. The molecule has 0 saturated heterocycles. The van der Waals surface area contributed by atoms with Crippen LogP contribution in [0.4, 0.5) is 0 Å². The average molecular weight is 357 g/mol.